The Labute approximate surface area is 630 Å². The highest BCUT2D eigenvalue weighted by Crippen LogP contribution is 2.55. The average Bonchev–Trinajstić information content (AvgIpc) is 1.27. The van der Waals surface area contributed by atoms with Crippen molar-refractivity contribution in [1.29, 1.82) is 0 Å². The fourth-order valence-electron chi connectivity index (χ4n) is 12.0. The normalized spacial score (nSPS) is 13.7. The van der Waals surface area contributed by atoms with Gasteiger partial charge in [0, 0.05) is 94.0 Å². The van der Waals surface area contributed by atoms with Gasteiger partial charge in [0.2, 0.25) is 20.4 Å². The third-order valence-corrected chi connectivity index (χ3v) is 21.1. The van der Waals surface area contributed by atoms with Gasteiger partial charge in [0.1, 0.15) is 23.0 Å². The van der Waals surface area contributed by atoms with E-state index in [9.17, 15) is 27.8 Å². The summed E-state index contributed by atoms with van der Waals surface area (Å²) < 4.78 is 130. The Balaban J connectivity index is 0.000000147. The number of pyridine rings is 3. The number of ether oxygens (including phenoxy) is 6. The van der Waals surface area contributed by atoms with E-state index in [0.29, 0.717) is 107 Å². The van der Waals surface area contributed by atoms with Gasteiger partial charge in [0.25, 0.3) is 0 Å². The number of nitrogens with zero attached hydrogens (tertiary/aromatic N) is 1. The van der Waals surface area contributed by atoms with Gasteiger partial charge in [-0.25, -0.2) is 23.2 Å². The standard InChI is InChI=1S/C39H35NO9P2.C25H22NO6P.C17H14NO7P/c1-28-18-32(20-33(19-28)48-50(2,41)45-24-29-12-6-3-7-13-29)35-22-37(34-21-38-39(44-27-43-38)23-36(34)40-35)49-51(42,46-25-30-14-8-4-9-15-30)47-26-31-16-10-5-11-17-31;1-16-8-18(10-19(9-16)32-33(2,28)31-14-17-6-4-3-5-7-17)21-12-23(27)20-11-24-25(30-15-29-24)13-22(20)26-21;1-9-2-10(4-11(3-9)25-26(20,21)22)13-6-15(19)12-5-16-17(24-8-23-16)7-14(12)18-13/h3-23H,24-27H2,1-2H3;3-13H,14-15H2,1-2H3,(H,26,27);2-7H,8H2,1H3,(H,18,19)(H2,20,21,22). The zero-order valence-electron chi connectivity index (χ0n) is 59.7. The Morgan fingerprint density at radius 2 is 0.727 bits per heavy atom. The summed E-state index contributed by atoms with van der Waals surface area (Å²) in [7, 11) is -15.8. The number of aryl methyl sites for hydroxylation is 3. The van der Waals surface area contributed by atoms with Crippen molar-refractivity contribution in [2.75, 3.05) is 33.7 Å². The molecule has 10 aromatic carbocycles. The van der Waals surface area contributed by atoms with Crippen molar-refractivity contribution in [3.63, 3.8) is 0 Å². The number of hydrogen-bond acceptors (Lipinski definition) is 21. The van der Waals surface area contributed by atoms with E-state index >= 15 is 0 Å². The minimum absolute atomic E-state index is 0.0139. The minimum Gasteiger partial charge on any atom is -0.454 e. The van der Waals surface area contributed by atoms with Gasteiger partial charge >= 0.3 is 30.8 Å². The number of rotatable bonds is 23. The second-order valence-corrected chi connectivity index (χ2v) is 32.5. The summed E-state index contributed by atoms with van der Waals surface area (Å²) >= 11 is 0. The first kappa shape index (κ1) is 75.5. The number of benzene rings is 10. The lowest BCUT2D eigenvalue weighted by molar-refractivity contribution is 0.143. The summed E-state index contributed by atoms with van der Waals surface area (Å²) in [6.07, 6.45) is 0. The summed E-state index contributed by atoms with van der Waals surface area (Å²) in [4.78, 5) is 54.6. The van der Waals surface area contributed by atoms with Crippen LogP contribution in [0.5, 0.6) is 57.5 Å². The van der Waals surface area contributed by atoms with Crippen LogP contribution >= 0.6 is 30.8 Å². The fourth-order valence-corrected chi connectivity index (χ4v) is 15.4. The van der Waals surface area contributed by atoms with Gasteiger partial charge in [0.15, 0.2) is 45.4 Å². The van der Waals surface area contributed by atoms with Gasteiger partial charge in [-0.2, -0.15) is 0 Å². The quantitative estimate of drug-likeness (QED) is 0.0432. The Bertz CT molecular complexity index is 5880. The molecule has 2 atom stereocenters. The van der Waals surface area contributed by atoms with Gasteiger partial charge < -0.3 is 56.5 Å². The zero-order chi connectivity index (χ0) is 76.7. The van der Waals surface area contributed by atoms with Crippen molar-refractivity contribution in [1.82, 2.24) is 15.0 Å². The van der Waals surface area contributed by atoms with Gasteiger partial charge in [0.05, 0.1) is 48.7 Å². The van der Waals surface area contributed by atoms with Crippen LogP contribution in [0, 0.1) is 20.8 Å². The average molecular weight is 1560 g/mol. The van der Waals surface area contributed by atoms with E-state index in [1.165, 1.54) is 37.6 Å². The molecular weight excluding hydrogens is 1490 g/mol. The highest BCUT2D eigenvalue weighted by Gasteiger charge is 2.32. The van der Waals surface area contributed by atoms with Gasteiger partial charge in [-0.3, -0.25) is 37.5 Å². The number of H-pyrrole nitrogens is 2. The van der Waals surface area contributed by atoms with E-state index in [1.807, 2.05) is 147 Å². The van der Waals surface area contributed by atoms with Crippen LogP contribution in [-0.2, 0) is 62.8 Å². The van der Waals surface area contributed by atoms with Crippen molar-refractivity contribution < 1.29 is 92.7 Å². The highest BCUT2D eigenvalue weighted by molar-refractivity contribution is 7.53. The van der Waals surface area contributed by atoms with E-state index in [-0.39, 0.29) is 69.2 Å². The molecule has 0 bridgehead atoms. The number of phosphoric acid groups is 2. The second kappa shape index (κ2) is 32.5. The van der Waals surface area contributed by atoms with Crippen molar-refractivity contribution in [2.24, 2.45) is 0 Å². The Morgan fingerprint density at radius 3 is 1.13 bits per heavy atom. The van der Waals surface area contributed by atoms with Crippen LogP contribution < -0.4 is 57.4 Å². The van der Waals surface area contributed by atoms with Crippen LogP contribution in [0.15, 0.2) is 240 Å². The number of phosphoric ester groups is 2. The molecular formula is C81H71N3O22P4. The summed E-state index contributed by atoms with van der Waals surface area (Å²) in [6, 6.07) is 68.0. The van der Waals surface area contributed by atoms with E-state index in [0.717, 1.165) is 44.5 Å². The summed E-state index contributed by atoms with van der Waals surface area (Å²) in [5, 5.41) is 1.48. The Morgan fingerprint density at radius 1 is 0.382 bits per heavy atom. The molecule has 110 heavy (non-hydrogen) atoms. The molecule has 3 aliphatic rings. The minimum atomic E-state index is -4.68. The number of aromatic amines is 2. The lowest BCUT2D eigenvalue weighted by atomic mass is 10.1. The number of hydrogen-bond donors (Lipinski definition) is 4. The predicted molar refractivity (Wildman–Crippen MR) is 414 cm³/mol. The first-order valence-electron chi connectivity index (χ1n) is 34.2. The third-order valence-electron chi connectivity index (χ3n) is 17.0. The van der Waals surface area contributed by atoms with Crippen molar-refractivity contribution in [2.45, 2.75) is 47.2 Å². The number of aromatic nitrogens is 3. The van der Waals surface area contributed by atoms with E-state index < -0.39 is 30.8 Å². The van der Waals surface area contributed by atoms with Crippen LogP contribution in [0.3, 0.4) is 0 Å². The third kappa shape index (κ3) is 19.2. The van der Waals surface area contributed by atoms with Gasteiger partial charge in [-0.05, 0) is 133 Å². The zero-order valence-corrected chi connectivity index (χ0v) is 63.3. The van der Waals surface area contributed by atoms with E-state index in [1.54, 1.807) is 79.7 Å². The van der Waals surface area contributed by atoms with Crippen LogP contribution in [0.2, 0.25) is 0 Å². The van der Waals surface area contributed by atoms with Crippen molar-refractivity contribution in [3.8, 4) is 91.3 Å². The summed E-state index contributed by atoms with van der Waals surface area (Å²) in [5.74, 6) is 4.15. The van der Waals surface area contributed by atoms with Crippen LogP contribution in [-0.4, -0.2) is 58.4 Å². The monoisotopic (exact) mass is 1560 g/mol. The molecule has 3 aromatic heterocycles. The molecule has 0 aliphatic carbocycles. The van der Waals surface area contributed by atoms with E-state index in [2.05, 4.69) is 14.5 Å². The van der Waals surface area contributed by atoms with Crippen molar-refractivity contribution in [3.05, 3.63) is 290 Å². The molecule has 2 unspecified atom stereocenters. The summed E-state index contributed by atoms with van der Waals surface area (Å²) in [5.41, 5.74) is 10.6. The maximum atomic E-state index is 14.5. The molecule has 0 amide bonds. The second-order valence-electron chi connectivity index (χ2n) is 25.8. The topological polar surface area (TPSA) is 317 Å². The van der Waals surface area contributed by atoms with Gasteiger partial charge in [-0.15, -0.1) is 0 Å². The van der Waals surface area contributed by atoms with Crippen LogP contribution in [0.4, 0.5) is 0 Å². The smallest absolute Gasteiger partial charge is 0.454 e. The fraction of sp³-hybridized carbons (Fsp3) is 0.148. The molecule has 0 radical (unpaired) electrons. The predicted octanol–water partition coefficient (Wildman–Crippen LogP) is 18.6. The molecule has 29 heteroatoms. The molecule has 3 aliphatic heterocycles. The van der Waals surface area contributed by atoms with Crippen LogP contribution in [0.1, 0.15) is 38.9 Å². The lowest BCUT2D eigenvalue weighted by Gasteiger charge is -2.21. The van der Waals surface area contributed by atoms with E-state index in [4.69, 9.17) is 74.9 Å². The molecule has 0 saturated carbocycles. The number of nitrogens with one attached hydrogen (secondary N) is 2. The molecule has 4 N–H and O–H groups in total. The Kier molecular flexibility index (Phi) is 22.3. The molecule has 6 heterocycles. The highest BCUT2D eigenvalue weighted by atomic mass is 31.2. The summed E-state index contributed by atoms with van der Waals surface area (Å²) in [6.45, 7) is 9.00. The Hall–Kier alpha value is -11.3. The number of fused-ring (bicyclic) bond motifs is 6. The molecule has 0 fully saturated rings. The van der Waals surface area contributed by atoms with Crippen LogP contribution in [0.25, 0.3) is 66.5 Å². The lowest BCUT2D eigenvalue weighted by Crippen LogP contribution is -2.04. The molecule has 0 saturated heterocycles. The largest absolute Gasteiger partial charge is 0.530 e. The maximum absolute atomic E-state index is 14.5. The molecule has 25 nitrogen and oxygen atoms in total. The van der Waals surface area contributed by atoms with Crippen molar-refractivity contribution >= 4 is 63.5 Å². The molecule has 0 spiro atoms. The SMILES string of the molecule is Cc1cc(OP(=O)(O)O)cc(-c2cc(=O)c3cc4c(cc3[nH]2)OCO4)c1.Cc1cc(OP(C)(=O)OCc2ccccc2)cc(-c2cc(=O)c3cc4c(cc3[nH]2)OCO4)c1.Cc1cc(OP(C)(=O)OCc2ccccc2)cc(-c2cc(OP(=O)(OCc3ccccc3)OCc3ccccc3)c3cc4c(cc3n2)OCO4)c1. The molecule has 13 aromatic rings. The molecule has 562 valence electrons. The van der Waals surface area contributed by atoms with Gasteiger partial charge in [-0.1, -0.05) is 121 Å². The molecule has 16 rings (SSSR count). The maximum Gasteiger partial charge on any atom is 0.530 e. The first-order valence-corrected chi connectivity index (χ1v) is 41.2. The first-order chi connectivity index (χ1) is 52.8.